The molecule has 1 aromatic carbocycles. The zero-order valence-electron chi connectivity index (χ0n) is 11.1. The fraction of sp³-hybridized carbons (Fsp3) is 0.333. The summed E-state index contributed by atoms with van der Waals surface area (Å²) in [6.07, 6.45) is 0. The van der Waals surface area contributed by atoms with E-state index in [1.54, 1.807) is 6.92 Å². The van der Waals surface area contributed by atoms with Crippen molar-refractivity contribution < 1.29 is 14.5 Å². The maximum Gasteiger partial charge on any atom is 0.270 e. The van der Waals surface area contributed by atoms with Crippen LogP contribution in [0.15, 0.2) is 18.2 Å². The van der Waals surface area contributed by atoms with Gasteiger partial charge in [0.05, 0.1) is 17.0 Å². The van der Waals surface area contributed by atoms with Crippen LogP contribution in [0.1, 0.15) is 17.3 Å². The van der Waals surface area contributed by atoms with E-state index in [4.69, 9.17) is 0 Å². The third-order valence-corrected chi connectivity index (χ3v) is 3.61. The Hall–Kier alpha value is -1.71. The molecule has 0 bridgehead atoms. The minimum Gasteiger partial charge on any atom is -0.358 e. The number of nitro benzene ring substituents is 1. The van der Waals surface area contributed by atoms with Crippen LogP contribution in [0.3, 0.4) is 0 Å². The van der Waals surface area contributed by atoms with E-state index in [0.29, 0.717) is 10.1 Å². The summed E-state index contributed by atoms with van der Waals surface area (Å²) in [5.74, 6) is -0.690. The van der Waals surface area contributed by atoms with Gasteiger partial charge in [-0.1, -0.05) is 0 Å². The van der Waals surface area contributed by atoms with Crippen LogP contribution in [-0.2, 0) is 4.79 Å². The summed E-state index contributed by atoms with van der Waals surface area (Å²) < 4.78 is 0.605. The average Bonchev–Trinajstić information content (AvgIpc) is 2.43. The number of hydrogen-bond acceptors (Lipinski definition) is 4. The minimum atomic E-state index is -0.554. The number of nitro groups is 1. The number of benzene rings is 1. The first kappa shape index (κ1) is 16.3. The number of likely N-dealkylation sites (N-methyl/N-ethyl adjacent to an activating group) is 2. The molecule has 0 saturated carbocycles. The van der Waals surface area contributed by atoms with Gasteiger partial charge >= 0.3 is 0 Å². The van der Waals surface area contributed by atoms with E-state index in [2.05, 4.69) is 5.32 Å². The molecular weight excluding hydrogens is 377 g/mol. The molecule has 108 valence electrons. The summed E-state index contributed by atoms with van der Waals surface area (Å²) in [4.78, 5) is 35.2. The van der Waals surface area contributed by atoms with E-state index >= 15 is 0 Å². The van der Waals surface area contributed by atoms with E-state index < -0.39 is 10.8 Å². The van der Waals surface area contributed by atoms with Crippen molar-refractivity contribution in [1.82, 2.24) is 10.2 Å². The Morgan fingerprint density at radius 3 is 2.60 bits per heavy atom. The zero-order chi connectivity index (χ0) is 15.3. The molecule has 0 fully saturated rings. The quantitative estimate of drug-likeness (QED) is 0.467. The molecule has 0 aliphatic heterocycles. The molecular formula is C12H14IN3O4. The standard InChI is InChI=1S/C12H14IN3O4/c1-3-15(7-11(17)14-2)12(18)9-6-8(16(19)20)4-5-10(9)13/h4-6H,3,7H2,1-2H3,(H,14,17). The highest BCUT2D eigenvalue weighted by Crippen LogP contribution is 2.21. The molecule has 2 amide bonds. The summed E-state index contributed by atoms with van der Waals surface area (Å²) in [6, 6.07) is 4.09. The smallest absolute Gasteiger partial charge is 0.270 e. The van der Waals surface area contributed by atoms with E-state index in [1.165, 1.54) is 30.1 Å². The molecule has 1 rings (SSSR count). The number of carbonyl (C=O) groups excluding carboxylic acids is 2. The lowest BCUT2D eigenvalue weighted by atomic mass is 10.1. The predicted molar refractivity (Wildman–Crippen MR) is 81.5 cm³/mol. The molecule has 0 atom stereocenters. The Morgan fingerprint density at radius 2 is 2.10 bits per heavy atom. The van der Waals surface area contributed by atoms with Gasteiger partial charge < -0.3 is 10.2 Å². The molecule has 0 unspecified atom stereocenters. The molecule has 0 heterocycles. The SMILES string of the molecule is CCN(CC(=O)NC)C(=O)c1cc([N+](=O)[O-])ccc1I. The molecule has 7 nitrogen and oxygen atoms in total. The fourth-order valence-electron chi connectivity index (χ4n) is 1.54. The predicted octanol–water partition coefficient (Wildman–Crippen LogP) is 1.41. The normalized spacial score (nSPS) is 9.95. The average molecular weight is 391 g/mol. The van der Waals surface area contributed by atoms with Crippen molar-refractivity contribution in [2.75, 3.05) is 20.1 Å². The summed E-state index contributed by atoms with van der Waals surface area (Å²) >= 11 is 1.94. The monoisotopic (exact) mass is 391 g/mol. The number of non-ortho nitro benzene ring substituents is 1. The number of hydrogen-bond donors (Lipinski definition) is 1. The first-order valence-electron chi connectivity index (χ1n) is 5.84. The molecule has 0 saturated heterocycles. The van der Waals surface area contributed by atoms with Crippen molar-refractivity contribution in [3.8, 4) is 0 Å². The van der Waals surface area contributed by atoms with Crippen molar-refractivity contribution in [2.45, 2.75) is 6.92 Å². The third-order valence-electron chi connectivity index (χ3n) is 2.67. The van der Waals surface area contributed by atoms with E-state index in [1.807, 2.05) is 22.6 Å². The largest absolute Gasteiger partial charge is 0.358 e. The number of halogens is 1. The van der Waals surface area contributed by atoms with Gasteiger partial charge in [0.2, 0.25) is 5.91 Å². The van der Waals surface area contributed by atoms with Crippen LogP contribution in [0, 0.1) is 13.7 Å². The van der Waals surface area contributed by atoms with Crippen LogP contribution in [-0.4, -0.2) is 41.8 Å². The maximum absolute atomic E-state index is 12.3. The van der Waals surface area contributed by atoms with Crippen LogP contribution in [0.5, 0.6) is 0 Å². The fourth-order valence-corrected chi connectivity index (χ4v) is 2.11. The van der Waals surface area contributed by atoms with Gasteiger partial charge in [-0.2, -0.15) is 0 Å². The molecule has 8 heteroatoms. The van der Waals surface area contributed by atoms with Crippen LogP contribution >= 0.6 is 22.6 Å². The Kier molecular flexibility index (Phi) is 5.86. The van der Waals surface area contributed by atoms with Crippen LogP contribution in [0.25, 0.3) is 0 Å². The summed E-state index contributed by atoms with van der Waals surface area (Å²) in [5.41, 5.74) is 0.0790. The van der Waals surface area contributed by atoms with Crippen molar-refractivity contribution >= 4 is 40.1 Å². The van der Waals surface area contributed by atoms with Gasteiger partial charge in [-0.05, 0) is 35.6 Å². The Balaban J connectivity index is 3.08. The third kappa shape index (κ3) is 3.89. The van der Waals surface area contributed by atoms with Crippen LogP contribution in [0.2, 0.25) is 0 Å². The zero-order valence-corrected chi connectivity index (χ0v) is 13.2. The highest BCUT2D eigenvalue weighted by Gasteiger charge is 2.21. The molecule has 1 N–H and O–H groups in total. The summed E-state index contributed by atoms with van der Waals surface area (Å²) in [6.45, 7) is 2.00. The molecule has 0 spiro atoms. The van der Waals surface area contributed by atoms with E-state index in [0.717, 1.165) is 0 Å². The summed E-state index contributed by atoms with van der Waals surface area (Å²) in [5, 5.41) is 13.2. The van der Waals surface area contributed by atoms with E-state index in [-0.39, 0.29) is 23.7 Å². The van der Waals surface area contributed by atoms with Crippen molar-refractivity contribution in [3.63, 3.8) is 0 Å². The first-order valence-corrected chi connectivity index (χ1v) is 6.92. The van der Waals surface area contributed by atoms with Crippen molar-refractivity contribution in [3.05, 3.63) is 37.4 Å². The first-order chi connectivity index (χ1) is 9.40. The van der Waals surface area contributed by atoms with Gasteiger partial charge in [0.15, 0.2) is 0 Å². The molecule has 20 heavy (non-hydrogen) atoms. The lowest BCUT2D eigenvalue weighted by molar-refractivity contribution is -0.384. The lowest BCUT2D eigenvalue weighted by Crippen LogP contribution is -2.39. The van der Waals surface area contributed by atoms with Gasteiger partial charge in [0, 0.05) is 29.3 Å². The Morgan fingerprint density at radius 1 is 1.45 bits per heavy atom. The molecule has 1 aromatic rings. The van der Waals surface area contributed by atoms with Crippen LogP contribution in [0.4, 0.5) is 5.69 Å². The van der Waals surface area contributed by atoms with Gasteiger partial charge in [0.1, 0.15) is 0 Å². The van der Waals surface area contributed by atoms with Gasteiger partial charge in [-0.25, -0.2) is 0 Å². The lowest BCUT2D eigenvalue weighted by Gasteiger charge is -2.20. The number of carbonyl (C=O) groups is 2. The van der Waals surface area contributed by atoms with Crippen LogP contribution < -0.4 is 5.32 Å². The van der Waals surface area contributed by atoms with Crippen molar-refractivity contribution in [2.24, 2.45) is 0 Å². The second-order valence-electron chi connectivity index (χ2n) is 3.91. The number of nitrogens with zero attached hydrogens (tertiary/aromatic N) is 2. The van der Waals surface area contributed by atoms with Gasteiger partial charge in [-0.3, -0.25) is 19.7 Å². The van der Waals surface area contributed by atoms with E-state index in [9.17, 15) is 19.7 Å². The molecule has 0 radical (unpaired) electrons. The number of nitrogens with one attached hydrogen (secondary N) is 1. The Labute approximate surface area is 129 Å². The molecule has 0 aromatic heterocycles. The second-order valence-corrected chi connectivity index (χ2v) is 5.08. The Bertz CT molecular complexity index is 548. The minimum absolute atomic E-state index is 0.0788. The highest BCUT2D eigenvalue weighted by molar-refractivity contribution is 14.1. The number of rotatable bonds is 5. The molecule has 0 aliphatic carbocycles. The van der Waals surface area contributed by atoms with Crippen molar-refractivity contribution in [1.29, 1.82) is 0 Å². The summed E-state index contributed by atoms with van der Waals surface area (Å²) in [7, 11) is 1.48. The maximum atomic E-state index is 12.3. The second kappa shape index (κ2) is 7.17. The highest BCUT2D eigenvalue weighted by atomic mass is 127. The topological polar surface area (TPSA) is 92.6 Å². The molecule has 0 aliphatic rings. The van der Waals surface area contributed by atoms with Gasteiger partial charge in [0.25, 0.3) is 11.6 Å². The van der Waals surface area contributed by atoms with Gasteiger partial charge in [-0.15, -0.1) is 0 Å². The number of amides is 2.